The van der Waals surface area contributed by atoms with Gasteiger partial charge in [-0.3, -0.25) is 14.5 Å². The van der Waals surface area contributed by atoms with Gasteiger partial charge < -0.3 is 4.74 Å². The molecule has 1 aliphatic carbocycles. The van der Waals surface area contributed by atoms with E-state index in [4.69, 9.17) is 4.74 Å². The zero-order valence-corrected chi connectivity index (χ0v) is 19.5. The minimum Gasteiger partial charge on any atom is -0.461 e. The number of hydrogen-bond donors (Lipinski definition) is 0. The van der Waals surface area contributed by atoms with E-state index in [2.05, 4.69) is 0 Å². The predicted molar refractivity (Wildman–Crippen MR) is 122 cm³/mol. The van der Waals surface area contributed by atoms with Crippen molar-refractivity contribution in [3.63, 3.8) is 0 Å². The zero-order valence-electron chi connectivity index (χ0n) is 18.6. The van der Waals surface area contributed by atoms with Gasteiger partial charge in [0.2, 0.25) is 12.3 Å². The van der Waals surface area contributed by atoms with Gasteiger partial charge in [-0.1, -0.05) is 19.4 Å². The Hall–Kier alpha value is -2.74. The summed E-state index contributed by atoms with van der Waals surface area (Å²) in [6, 6.07) is 12.1. The number of Topliss-reactive ketones (excluding diaryl/α,β-unsaturated/α-hetero) is 1. The number of carbonyl (C=O) groups is 2. The second-order valence-electron chi connectivity index (χ2n) is 9.91. The quantitative estimate of drug-likeness (QED) is 0.580. The Kier molecular flexibility index (Phi) is 4.94. The third-order valence-corrected chi connectivity index (χ3v) is 9.27. The third kappa shape index (κ3) is 3.64. The van der Waals surface area contributed by atoms with Crippen molar-refractivity contribution < 1.29 is 27.1 Å². The van der Waals surface area contributed by atoms with Crippen LogP contribution in [0.25, 0.3) is 0 Å². The molecule has 1 spiro atoms. The molecule has 0 N–H and O–H groups in total. The molecule has 5 rings (SSSR count). The SMILES string of the molecule is CC(F)Oc1cccc(N2C(=O)C3(CCC3)c3cc(C(=O)CC4(C)CS(=O)(=O)C4)ccc32)c1. The summed E-state index contributed by atoms with van der Waals surface area (Å²) < 4.78 is 41.7. The van der Waals surface area contributed by atoms with Crippen molar-refractivity contribution in [2.75, 3.05) is 16.4 Å². The maximum atomic E-state index is 13.6. The first-order chi connectivity index (χ1) is 15.5. The molecule has 3 aliphatic rings. The number of carbonyl (C=O) groups excluding carboxylic acids is 2. The topological polar surface area (TPSA) is 80.8 Å². The van der Waals surface area contributed by atoms with Crippen LogP contribution in [0, 0.1) is 5.41 Å². The fraction of sp³-hybridized carbons (Fsp3) is 0.440. The summed E-state index contributed by atoms with van der Waals surface area (Å²) in [5.41, 5.74) is 1.47. The summed E-state index contributed by atoms with van der Waals surface area (Å²) in [7, 11) is -3.03. The van der Waals surface area contributed by atoms with Crippen LogP contribution in [-0.4, -0.2) is 38.0 Å². The molecule has 8 heteroatoms. The van der Waals surface area contributed by atoms with Crippen LogP contribution in [0.15, 0.2) is 42.5 Å². The number of sulfone groups is 1. The van der Waals surface area contributed by atoms with E-state index in [1.165, 1.54) is 6.92 Å². The Morgan fingerprint density at radius 3 is 2.52 bits per heavy atom. The van der Waals surface area contributed by atoms with Crippen LogP contribution in [0.4, 0.5) is 15.8 Å². The van der Waals surface area contributed by atoms with Crippen LogP contribution in [-0.2, 0) is 20.0 Å². The number of ether oxygens (including phenoxy) is 1. The van der Waals surface area contributed by atoms with E-state index in [1.54, 1.807) is 41.3 Å². The Labute approximate surface area is 192 Å². The number of nitrogens with zero attached hydrogens (tertiary/aromatic N) is 1. The Morgan fingerprint density at radius 2 is 1.91 bits per heavy atom. The van der Waals surface area contributed by atoms with E-state index >= 15 is 0 Å². The van der Waals surface area contributed by atoms with E-state index < -0.39 is 27.0 Å². The first-order valence-corrected chi connectivity index (χ1v) is 13.0. The van der Waals surface area contributed by atoms with Crippen molar-refractivity contribution in [1.29, 1.82) is 0 Å². The number of benzene rings is 2. The zero-order chi connectivity index (χ0) is 23.6. The highest BCUT2D eigenvalue weighted by Crippen LogP contribution is 2.55. The second kappa shape index (κ2) is 7.38. The van der Waals surface area contributed by atoms with Crippen LogP contribution < -0.4 is 9.64 Å². The first-order valence-electron chi connectivity index (χ1n) is 11.2. The number of amides is 1. The molecule has 2 aromatic rings. The monoisotopic (exact) mass is 471 g/mol. The molecule has 2 fully saturated rings. The van der Waals surface area contributed by atoms with Gasteiger partial charge in [0.25, 0.3) is 0 Å². The molecule has 1 unspecified atom stereocenters. The van der Waals surface area contributed by atoms with Crippen molar-refractivity contribution in [3.05, 3.63) is 53.6 Å². The van der Waals surface area contributed by atoms with Crippen molar-refractivity contribution in [2.45, 2.75) is 51.3 Å². The summed E-state index contributed by atoms with van der Waals surface area (Å²) >= 11 is 0. The van der Waals surface area contributed by atoms with Crippen LogP contribution in [0.2, 0.25) is 0 Å². The lowest BCUT2D eigenvalue weighted by molar-refractivity contribution is -0.125. The average molecular weight is 472 g/mol. The Balaban J connectivity index is 1.49. The average Bonchev–Trinajstić information content (AvgIpc) is 2.93. The molecular formula is C25H26FNO5S. The van der Waals surface area contributed by atoms with Gasteiger partial charge in [-0.25, -0.2) is 12.8 Å². The van der Waals surface area contributed by atoms with Gasteiger partial charge in [-0.2, -0.15) is 0 Å². The van der Waals surface area contributed by atoms with Gasteiger partial charge in [0, 0.05) is 30.4 Å². The van der Waals surface area contributed by atoms with E-state index in [1.807, 2.05) is 13.0 Å². The summed E-state index contributed by atoms with van der Waals surface area (Å²) in [6.07, 6.45) is 1.04. The standard InChI is InChI=1S/C25H26FNO5S/c1-16(26)32-19-6-3-5-18(12-19)27-21-8-7-17(11-20(21)25(23(27)29)9-4-10-25)22(28)13-24(2)14-33(30,31)15-24/h3,5-8,11-12,16H,4,9-10,13-15H2,1-2H3. The van der Waals surface area contributed by atoms with E-state index in [0.717, 1.165) is 17.7 Å². The summed E-state index contributed by atoms with van der Waals surface area (Å²) in [5.74, 6) is 0.242. The maximum Gasteiger partial charge on any atom is 0.242 e. The molecular weight excluding hydrogens is 445 g/mol. The highest BCUT2D eigenvalue weighted by Gasteiger charge is 2.55. The van der Waals surface area contributed by atoms with Gasteiger partial charge in [0.15, 0.2) is 15.6 Å². The summed E-state index contributed by atoms with van der Waals surface area (Å²) in [4.78, 5) is 28.3. The molecule has 0 aromatic heterocycles. The van der Waals surface area contributed by atoms with Crippen LogP contribution >= 0.6 is 0 Å². The van der Waals surface area contributed by atoms with E-state index in [9.17, 15) is 22.4 Å². The molecule has 0 bridgehead atoms. The minimum absolute atomic E-state index is 0.0305. The molecule has 2 aromatic carbocycles. The molecule has 0 radical (unpaired) electrons. The highest BCUT2D eigenvalue weighted by atomic mass is 32.2. The van der Waals surface area contributed by atoms with E-state index in [-0.39, 0.29) is 29.6 Å². The number of halogens is 1. The van der Waals surface area contributed by atoms with Gasteiger partial charge >= 0.3 is 0 Å². The number of fused-ring (bicyclic) bond motifs is 2. The summed E-state index contributed by atoms with van der Waals surface area (Å²) in [6.45, 7) is 3.12. The van der Waals surface area contributed by atoms with Crippen LogP contribution in [0.5, 0.6) is 5.75 Å². The first kappa shape index (κ1) is 22.1. The number of rotatable bonds is 6. The lowest BCUT2D eigenvalue weighted by atomic mass is 9.65. The fourth-order valence-corrected chi connectivity index (χ4v) is 7.73. The highest BCUT2D eigenvalue weighted by molar-refractivity contribution is 7.92. The number of ketones is 1. The van der Waals surface area contributed by atoms with Crippen LogP contribution in [0.1, 0.15) is 55.5 Å². The maximum absolute atomic E-state index is 13.6. The Morgan fingerprint density at radius 1 is 1.18 bits per heavy atom. The third-order valence-electron chi connectivity index (χ3n) is 6.99. The predicted octanol–water partition coefficient (Wildman–Crippen LogP) is 4.49. The molecule has 174 valence electrons. The van der Waals surface area contributed by atoms with E-state index in [0.29, 0.717) is 29.8 Å². The van der Waals surface area contributed by atoms with Crippen molar-refractivity contribution >= 4 is 32.9 Å². The van der Waals surface area contributed by atoms with Crippen LogP contribution in [0.3, 0.4) is 0 Å². The largest absolute Gasteiger partial charge is 0.461 e. The van der Waals surface area contributed by atoms with Crippen molar-refractivity contribution in [2.24, 2.45) is 5.41 Å². The fourth-order valence-electron chi connectivity index (χ4n) is 5.49. The number of hydrogen-bond acceptors (Lipinski definition) is 5. The van der Waals surface area contributed by atoms with Gasteiger partial charge in [-0.15, -0.1) is 0 Å². The number of anilines is 2. The normalized spacial score (nSPS) is 22.3. The minimum atomic E-state index is -3.03. The lowest BCUT2D eigenvalue weighted by Gasteiger charge is -2.37. The molecule has 33 heavy (non-hydrogen) atoms. The molecule has 1 saturated carbocycles. The molecule has 1 atom stereocenters. The molecule has 1 amide bonds. The van der Waals surface area contributed by atoms with Crippen molar-refractivity contribution in [3.8, 4) is 5.75 Å². The number of alkyl halides is 1. The van der Waals surface area contributed by atoms with Gasteiger partial charge in [-0.05, 0) is 48.7 Å². The molecule has 1 saturated heterocycles. The summed E-state index contributed by atoms with van der Waals surface area (Å²) in [5, 5.41) is 0. The smallest absolute Gasteiger partial charge is 0.242 e. The molecule has 2 aliphatic heterocycles. The lowest BCUT2D eigenvalue weighted by Crippen LogP contribution is -2.47. The second-order valence-corrected chi connectivity index (χ2v) is 12.0. The Bertz CT molecular complexity index is 1250. The molecule has 2 heterocycles. The van der Waals surface area contributed by atoms with Gasteiger partial charge in [0.05, 0.1) is 28.3 Å². The molecule has 6 nitrogen and oxygen atoms in total. The van der Waals surface area contributed by atoms with Gasteiger partial charge in [0.1, 0.15) is 5.75 Å². The van der Waals surface area contributed by atoms with Crippen molar-refractivity contribution in [1.82, 2.24) is 0 Å².